The molecule has 1 aliphatic heterocycles. The summed E-state index contributed by atoms with van der Waals surface area (Å²) in [6.45, 7) is 4.55. The molecule has 0 aromatic heterocycles. The second kappa shape index (κ2) is 4.64. The second-order valence-electron chi connectivity index (χ2n) is 3.21. The molecule has 1 fully saturated rings. The predicted molar refractivity (Wildman–Crippen MR) is 51.0 cm³/mol. The van der Waals surface area contributed by atoms with Crippen molar-refractivity contribution < 1.29 is 14.7 Å². The van der Waals surface area contributed by atoms with Gasteiger partial charge in [0.2, 0.25) is 0 Å². The van der Waals surface area contributed by atoms with Crippen LogP contribution in [0.1, 0.15) is 12.8 Å². The van der Waals surface area contributed by atoms with Crippen LogP contribution in [0, 0.1) is 0 Å². The highest BCUT2D eigenvalue weighted by Gasteiger charge is 2.29. The first-order valence-electron chi connectivity index (χ1n) is 4.52. The van der Waals surface area contributed by atoms with E-state index in [0.29, 0.717) is 19.5 Å². The summed E-state index contributed by atoms with van der Waals surface area (Å²) in [6.07, 6.45) is 2.22. The first kappa shape index (κ1) is 10.6. The fraction of sp³-hybridized carbons (Fsp3) is 0.556. The summed E-state index contributed by atoms with van der Waals surface area (Å²) in [7, 11) is 0. The van der Waals surface area contributed by atoms with Gasteiger partial charge < -0.3 is 15.3 Å². The largest absolute Gasteiger partial charge is 0.481 e. The molecule has 5 heteroatoms. The number of hydrogen-bond donors (Lipinski definition) is 2. The van der Waals surface area contributed by atoms with Gasteiger partial charge in [0.1, 0.15) is 0 Å². The smallest absolute Gasteiger partial charge is 0.318 e. The first-order chi connectivity index (χ1) is 6.65. The molecular weight excluding hydrogens is 184 g/mol. The van der Waals surface area contributed by atoms with Gasteiger partial charge in [0.15, 0.2) is 0 Å². The molecule has 5 nitrogen and oxygen atoms in total. The van der Waals surface area contributed by atoms with Gasteiger partial charge in [0.05, 0.1) is 6.04 Å². The van der Waals surface area contributed by atoms with E-state index in [-0.39, 0.29) is 18.5 Å². The van der Waals surface area contributed by atoms with Crippen molar-refractivity contribution in [1.29, 1.82) is 0 Å². The lowest BCUT2D eigenvalue weighted by Gasteiger charge is -2.20. The van der Waals surface area contributed by atoms with Crippen molar-refractivity contribution in [1.82, 2.24) is 10.2 Å². The van der Waals surface area contributed by atoms with Crippen molar-refractivity contribution in [3.05, 3.63) is 12.7 Å². The molecule has 78 valence electrons. The molecule has 14 heavy (non-hydrogen) atoms. The highest BCUT2D eigenvalue weighted by Crippen LogP contribution is 2.12. The molecule has 0 aromatic carbocycles. The average molecular weight is 198 g/mol. The lowest BCUT2D eigenvalue weighted by Crippen LogP contribution is -2.34. The van der Waals surface area contributed by atoms with Crippen LogP contribution in [-0.4, -0.2) is 41.1 Å². The Kier molecular flexibility index (Phi) is 3.50. The molecule has 0 aliphatic carbocycles. The number of hydrogen-bond acceptors (Lipinski definition) is 2. The number of carboxylic acid groups (broad SMARTS) is 1. The Balaban J connectivity index is 2.46. The number of amides is 2. The van der Waals surface area contributed by atoms with E-state index in [0.717, 1.165) is 0 Å². The molecular formula is C9H14N2O3. The van der Waals surface area contributed by atoms with Gasteiger partial charge in [-0.25, -0.2) is 4.79 Å². The third-order valence-electron chi connectivity index (χ3n) is 2.21. The normalized spacial score (nSPS) is 20.7. The Labute approximate surface area is 82.4 Å². The maximum Gasteiger partial charge on any atom is 0.318 e. The summed E-state index contributed by atoms with van der Waals surface area (Å²) in [6, 6.07) is -0.156. The van der Waals surface area contributed by atoms with E-state index < -0.39 is 5.97 Å². The van der Waals surface area contributed by atoms with Crippen molar-refractivity contribution in [2.45, 2.75) is 18.9 Å². The minimum absolute atomic E-state index is 0.0170. The van der Waals surface area contributed by atoms with Crippen molar-refractivity contribution in [2.24, 2.45) is 0 Å². The molecule has 0 bridgehead atoms. The fourth-order valence-electron chi connectivity index (χ4n) is 1.50. The van der Waals surface area contributed by atoms with Crippen LogP contribution in [0.15, 0.2) is 12.7 Å². The molecule has 1 aliphatic rings. The van der Waals surface area contributed by atoms with E-state index in [1.54, 1.807) is 11.0 Å². The Morgan fingerprint density at radius 3 is 3.07 bits per heavy atom. The summed E-state index contributed by atoms with van der Waals surface area (Å²) in [5.74, 6) is -0.831. The third-order valence-corrected chi connectivity index (χ3v) is 2.21. The Bertz CT molecular complexity index is 252. The van der Waals surface area contributed by atoms with Crippen molar-refractivity contribution >= 4 is 12.0 Å². The molecule has 0 spiro atoms. The van der Waals surface area contributed by atoms with Gasteiger partial charge in [-0.15, -0.1) is 6.58 Å². The van der Waals surface area contributed by atoms with E-state index in [9.17, 15) is 9.59 Å². The number of rotatable bonds is 5. The lowest BCUT2D eigenvalue weighted by atomic mass is 10.1. The minimum atomic E-state index is -0.831. The molecule has 1 atom stereocenters. The highest BCUT2D eigenvalue weighted by atomic mass is 16.4. The number of urea groups is 1. The molecule has 0 radical (unpaired) electrons. The number of nitrogens with zero attached hydrogens (tertiary/aromatic N) is 1. The van der Waals surface area contributed by atoms with Crippen LogP contribution in [0.2, 0.25) is 0 Å². The van der Waals surface area contributed by atoms with Gasteiger partial charge in [-0.2, -0.15) is 0 Å². The van der Waals surface area contributed by atoms with Gasteiger partial charge in [-0.05, 0) is 6.42 Å². The summed E-state index contributed by atoms with van der Waals surface area (Å²) in [5.41, 5.74) is 0. The molecule has 2 amide bonds. The van der Waals surface area contributed by atoms with E-state index in [1.165, 1.54) is 0 Å². The Morgan fingerprint density at radius 2 is 2.50 bits per heavy atom. The molecule has 0 saturated carbocycles. The molecule has 1 saturated heterocycles. The van der Waals surface area contributed by atoms with Crippen molar-refractivity contribution in [3.63, 3.8) is 0 Å². The summed E-state index contributed by atoms with van der Waals surface area (Å²) >= 11 is 0. The van der Waals surface area contributed by atoms with Crippen LogP contribution < -0.4 is 5.32 Å². The van der Waals surface area contributed by atoms with Gasteiger partial charge in [-0.1, -0.05) is 6.08 Å². The number of carbonyl (C=O) groups excluding carboxylic acids is 1. The molecule has 1 rings (SSSR count). The van der Waals surface area contributed by atoms with Crippen molar-refractivity contribution in [2.75, 3.05) is 13.1 Å². The third kappa shape index (κ3) is 2.48. The lowest BCUT2D eigenvalue weighted by molar-refractivity contribution is -0.137. The molecule has 2 N–H and O–H groups in total. The van der Waals surface area contributed by atoms with Crippen LogP contribution in [-0.2, 0) is 4.79 Å². The topological polar surface area (TPSA) is 69.6 Å². The highest BCUT2D eigenvalue weighted by molar-refractivity contribution is 5.77. The van der Waals surface area contributed by atoms with Gasteiger partial charge in [0.25, 0.3) is 0 Å². The average Bonchev–Trinajstić information content (AvgIpc) is 2.46. The standard InChI is InChI=1S/C9H14N2O3/c1-2-5-11-7(3-4-8(12)13)6-10-9(11)14/h2,7H,1,3-6H2,(H,10,14)(H,12,13). The minimum Gasteiger partial charge on any atom is -0.481 e. The first-order valence-corrected chi connectivity index (χ1v) is 4.52. The second-order valence-corrected chi connectivity index (χ2v) is 3.21. The zero-order valence-electron chi connectivity index (χ0n) is 7.90. The van der Waals surface area contributed by atoms with E-state index in [4.69, 9.17) is 5.11 Å². The predicted octanol–water partition coefficient (Wildman–Crippen LogP) is 0.431. The molecule has 1 unspecified atom stereocenters. The van der Waals surface area contributed by atoms with Gasteiger partial charge in [-0.3, -0.25) is 4.79 Å². The monoisotopic (exact) mass is 198 g/mol. The molecule has 1 heterocycles. The number of aliphatic carboxylic acids is 1. The quantitative estimate of drug-likeness (QED) is 0.629. The maximum absolute atomic E-state index is 11.2. The van der Waals surface area contributed by atoms with Crippen LogP contribution in [0.5, 0.6) is 0 Å². The van der Waals surface area contributed by atoms with Crippen molar-refractivity contribution in [3.8, 4) is 0 Å². The summed E-state index contributed by atoms with van der Waals surface area (Å²) < 4.78 is 0. The molecule has 0 aromatic rings. The SMILES string of the molecule is C=CCN1C(=O)NCC1CCC(=O)O. The van der Waals surface area contributed by atoms with E-state index in [1.807, 2.05) is 0 Å². The number of carboxylic acids is 1. The zero-order valence-corrected chi connectivity index (χ0v) is 7.90. The van der Waals surface area contributed by atoms with E-state index in [2.05, 4.69) is 11.9 Å². The van der Waals surface area contributed by atoms with Gasteiger partial charge in [0, 0.05) is 19.5 Å². The Morgan fingerprint density at radius 1 is 1.79 bits per heavy atom. The summed E-state index contributed by atoms with van der Waals surface area (Å²) in [4.78, 5) is 23.2. The van der Waals surface area contributed by atoms with Crippen LogP contribution in [0.25, 0.3) is 0 Å². The summed E-state index contributed by atoms with van der Waals surface area (Å²) in [5, 5.41) is 11.2. The fourth-order valence-corrected chi connectivity index (χ4v) is 1.50. The maximum atomic E-state index is 11.2. The zero-order chi connectivity index (χ0) is 10.6. The number of nitrogens with one attached hydrogen (secondary N) is 1. The van der Waals surface area contributed by atoms with Crippen LogP contribution in [0.4, 0.5) is 4.79 Å². The van der Waals surface area contributed by atoms with Crippen LogP contribution >= 0.6 is 0 Å². The number of carbonyl (C=O) groups is 2. The van der Waals surface area contributed by atoms with Crippen LogP contribution in [0.3, 0.4) is 0 Å². The Hall–Kier alpha value is -1.52. The van der Waals surface area contributed by atoms with E-state index >= 15 is 0 Å². The van der Waals surface area contributed by atoms with Gasteiger partial charge >= 0.3 is 12.0 Å².